The van der Waals surface area contributed by atoms with Crippen LogP contribution in [0.15, 0.2) is 12.1 Å². The van der Waals surface area contributed by atoms with Gasteiger partial charge in [0.25, 0.3) is 0 Å². The van der Waals surface area contributed by atoms with Gasteiger partial charge in [0.1, 0.15) is 12.6 Å². The number of hydrogen-bond donors (Lipinski definition) is 0. The standard InChI is InChI=1S/C8H5ClO3.Na/c9-7-1-5(3-10)8(12)6(2-7)4-11;/h1-4,12H;/q;+1/p-1. The molecule has 1 aromatic rings. The van der Waals surface area contributed by atoms with Crippen molar-refractivity contribution in [2.75, 3.05) is 0 Å². The van der Waals surface area contributed by atoms with E-state index in [2.05, 4.69) is 0 Å². The first-order chi connectivity index (χ1) is 5.69. The number of carbonyl (C=O) groups excluding carboxylic acids is 2. The van der Waals surface area contributed by atoms with Gasteiger partial charge in [-0.15, -0.1) is 0 Å². The molecule has 62 valence electrons. The largest absolute Gasteiger partial charge is 1.00 e. The minimum Gasteiger partial charge on any atom is -0.871 e. The smallest absolute Gasteiger partial charge is 0.871 e. The van der Waals surface area contributed by atoms with Crippen molar-refractivity contribution >= 4 is 24.2 Å². The second kappa shape index (κ2) is 5.40. The zero-order valence-electron chi connectivity index (χ0n) is 6.91. The Labute approximate surface area is 102 Å². The van der Waals surface area contributed by atoms with Crippen LogP contribution < -0.4 is 34.7 Å². The minimum atomic E-state index is -0.579. The van der Waals surface area contributed by atoms with Gasteiger partial charge in [0.15, 0.2) is 0 Å². The summed E-state index contributed by atoms with van der Waals surface area (Å²) in [5.74, 6) is -0.579. The molecule has 0 aliphatic rings. The Morgan fingerprint density at radius 1 is 1.15 bits per heavy atom. The van der Waals surface area contributed by atoms with Crippen LogP contribution in [0, 0.1) is 0 Å². The monoisotopic (exact) mass is 206 g/mol. The van der Waals surface area contributed by atoms with Gasteiger partial charge in [0, 0.05) is 16.1 Å². The first kappa shape index (κ1) is 12.7. The van der Waals surface area contributed by atoms with Crippen LogP contribution in [-0.4, -0.2) is 12.6 Å². The molecule has 3 nitrogen and oxygen atoms in total. The zero-order chi connectivity index (χ0) is 9.14. The van der Waals surface area contributed by atoms with E-state index in [4.69, 9.17) is 11.6 Å². The van der Waals surface area contributed by atoms with E-state index in [0.717, 1.165) is 0 Å². The molecule has 0 unspecified atom stereocenters. The Bertz CT molecular complexity index is 309. The van der Waals surface area contributed by atoms with Crippen LogP contribution >= 0.6 is 11.6 Å². The summed E-state index contributed by atoms with van der Waals surface area (Å²) in [6, 6.07) is 2.45. The van der Waals surface area contributed by atoms with E-state index < -0.39 is 5.75 Å². The van der Waals surface area contributed by atoms with Crippen LogP contribution in [0.5, 0.6) is 5.75 Å². The summed E-state index contributed by atoms with van der Waals surface area (Å²) in [4.78, 5) is 20.5. The number of hydrogen-bond acceptors (Lipinski definition) is 3. The molecule has 0 bridgehead atoms. The predicted octanol–water partition coefficient (Wildman–Crippen LogP) is -1.96. The third kappa shape index (κ3) is 2.81. The van der Waals surface area contributed by atoms with Crippen LogP contribution in [0.4, 0.5) is 0 Å². The summed E-state index contributed by atoms with van der Waals surface area (Å²) in [7, 11) is 0. The number of aldehydes is 2. The van der Waals surface area contributed by atoms with Crippen molar-refractivity contribution in [1.29, 1.82) is 0 Å². The number of benzene rings is 1. The second-order valence-electron chi connectivity index (χ2n) is 2.15. The molecule has 0 spiro atoms. The maximum atomic E-state index is 11.1. The Hall–Kier alpha value is -0.350. The van der Waals surface area contributed by atoms with E-state index in [1.54, 1.807) is 0 Å². The Balaban J connectivity index is 0.00000144. The van der Waals surface area contributed by atoms with Gasteiger partial charge >= 0.3 is 29.6 Å². The number of halogens is 1. The van der Waals surface area contributed by atoms with E-state index in [-0.39, 0.29) is 45.7 Å². The van der Waals surface area contributed by atoms with Crippen molar-refractivity contribution < 1.29 is 44.3 Å². The number of rotatable bonds is 2. The van der Waals surface area contributed by atoms with Crippen LogP contribution in [0.3, 0.4) is 0 Å². The molecular weight excluding hydrogens is 203 g/mol. The Morgan fingerprint density at radius 3 is 1.85 bits per heavy atom. The van der Waals surface area contributed by atoms with E-state index in [1.165, 1.54) is 12.1 Å². The van der Waals surface area contributed by atoms with Crippen LogP contribution in [0.25, 0.3) is 0 Å². The normalized spacial score (nSPS) is 8.69. The molecule has 13 heavy (non-hydrogen) atoms. The van der Waals surface area contributed by atoms with Crippen LogP contribution in [-0.2, 0) is 0 Å². The average molecular weight is 207 g/mol. The predicted molar refractivity (Wildman–Crippen MR) is 41.7 cm³/mol. The molecule has 0 aliphatic heterocycles. The minimum absolute atomic E-state index is 0. The van der Waals surface area contributed by atoms with Crippen molar-refractivity contribution in [3.05, 3.63) is 28.3 Å². The first-order valence-electron chi connectivity index (χ1n) is 3.10. The summed E-state index contributed by atoms with van der Waals surface area (Å²) in [6.07, 6.45) is 0.752. The molecule has 0 fully saturated rings. The fraction of sp³-hybridized carbons (Fsp3) is 0. The molecular formula is C8H4ClNaO3. The van der Waals surface area contributed by atoms with Gasteiger partial charge in [-0.2, -0.15) is 0 Å². The van der Waals surface area contributed by atoms with Gasteiger partial charge in [-0.05, 0) is 12.1 Å². The summed E-state index contributed by atoms with van der Waals surface area (Å²) in [5.41, 5.74) is -0.186. The molecule has 0 aromatic heterocycles. The molecule has 0 atom stereocenters. The van der Waals surface area contributed by atoms with Gasteiger partial charge in [0.2, 0.25) is 0 Å². The maximum Gasteiger partial charge on any atom is 1.00 e. The van der Waals surface area contributed by atoms with E-state index >= 15 is 0 Å². The summed E-state index contributed by atoms with van der Waals surface area (Å²) < 4.78 is 0. The van der Waals surface area contributed by atoms with Gasteiger partial charge in [-0.1, -0.05) is 17.4 Å². The average Bonchev–Trinajstić information content (AvgIpc) is 2.08. The molecule has 0 amide bonds. The molecule has 0 N–H and O–H groups in total. The van der Waals surface area contributed by atoms with Crippen molar-refractivity contribution in [1.82, 2.24) is 0 Å². The molecule has 0 aliphatic carbocycles. The van der Waals surface area contributed by atoms with Gasteiger partial charge in [0.05, 0.1) is 0 Å². The second-order valence-corrected chi connectivity index (χ2v) is 2.59. The topological polar surface area (TPSA) is 57.2 Å². The van der Waals surface area contributed by atoms with Gasteiger partial charge in [-0.25, -0.2) is 0 Å². The molecule has 0 heterocycles. The molecule has 5 heteroatoms. The van der Waals surface area contributed by atoms with E-state index in [1.807, 2.05) is 0 Å². The molecule has 0 saturated heterocycles. The van der Waals surface area contributed by atoms with Gasteiger partial charge < -0.3 is 5.11 Å². The Kier molecular flexibility index (Phi) is 5.25. The molecule has 0 saturated carbocycles. The molecule has 1 rings (SSSR count). The Morgan fingerprint density at radius 2 is 1.54 bits per heavy atom. The fourth-order valence-electron chi connectivity index (χ4n) is 0.812. The van der Waals surface area contributed by atoms with Gasteiger partial charge in [-0.3, -0.25) is 9.59 Å². The van der Waals surface area contributed by atoms with Crippen LogP contribution in [0.2, 0.25) is 5.02 Å². The first-order valence-corrected chi connectivity index (χ1v) is 3.47. The van der Waals surface area contributed by atoms with Crippen molar-refractivity contribution in [2.45, 2.75) is 0 Å². The summed E-state index contributed by atoms with van der Waals surface area (Å²) in [6.45, 7) is 0. The molecule has 0 radical (unpaired) electrons. The zero-order valence-corrected chi connectivity index (χ0v) is 9.67. The third-order valence-corrected chi connectivity index (χ3v) is 1.58. The van der Waals surface area contributed by atoms with E-state index in [0.29, 0.717) is 12.6 Å². The third-order valence-electron chi connectivity index (χ3n) is 1.37. The van der Waals surface area contributed by atoms with Crippen molar-refractivity contribution in [3.8, 4) is 5.75 Å². The van der Waals surface area contributed by atoms with Crippen molar-refractivity contribution in [2.24, 2.45) is 0 Å². The maximum absolute atomic E-state index is 11.1. The fourth-order valence-corrected chi connectivity index (χ4v) is 1.05. The van der Waals surface area contributed by atoms with Crippen LogP contribution in [0.1, 0.15) is 20.7 Å². The van der Waals surface area contributed by atoms with E-state index in [9.17, 15) is 14.7 Å². The SMILES string of the molecule is O=Cc1cc(Cl)cc(C=O)c1[O-].[Na+]. The summed E-state index contributed by atoms with van der Waals surface area (Å²) >= 11 is 5.52. The number of carbonyl (C=O) groups is 2. The van der Waals surface area contributed by atoms with Crippen molar-refractivity contribution in [3.63, 3.8) is 0 Å². The molecule has 1 aromatic carbocycles. The quantitative estimate of drug-likeness (QED) is 0.417. The summed E-state index contributed by atoms with van der Waals surface area (Å²) in [5, 5.41) is 11.3.